The van der Waals surface area contributed by atoms with Crippen LogP contribution in [0.3, 0.4) is 0 Å². The van der Waals surface area contributed by atoms with E-state index >= 15 is 0 Å². The third-order valence-corrected chi connectivity index (χ3v) is 2.53. The minimum Gasteiger partial charge on any atom is -0.346 e. The van der Waals surface area contributed by atoms with E-state index < -0.39 is 17.6 Å². The molecule has 1 aromatic carbocycles. The van der Waals surface area contributed by atoms with Gasteiger partial charge in [-0.2, -0.15) is 5.10 Å². The number of aromatic nitrogens is 3. The molecule has 2 amide bonds. The molecule has 0 aliphatic carbocycles. The lowest BCUT2D eigenvalue weighted by molar-refractivity contribution is -0.123. The van der Waals surface area contributed by atoms with Crippen molar-refractivity contribution < 1.29 is 14.0 Å². The Morgan fingerprint density at radius 1 is 1.33 bits per heavy atom. The van der Waals surface area contributed by atoms with E-state index in [1.165, 1.54) is 29.5 Å². The highest BCUT2D eigenvalue weighted by molar-refractivity contribution is 5.94. The summed E-state index contributed by atoms with van der Waals surface area (Å²) in [6.45, 7) is -0.434. The molecule has 0 saturated heterocycles. The number of anilines is 1. The SMILES string of the molecule is NCC(=O)NCC(=O)Nc1ccc(-n2cncn2)c(F)c1. The molecule has 0 spiro atoms. The fourth-order valence-corrected chi connectivity index (χ4v) is 1.56. The molecular formula is C12H13FN6O2. The summed E-state index contributed by atoms with van der Waals surface area (Å²) in [4.78, 5) is 26.2. The maximum Gasteiger partial charge on any atom is 0.243 e. The van der Waals surface area contributed by atoms with E-state index in [9.17, 15) is 14.0 Å². The van der Waals surface area contributed by atoms with Crippen LogP contribution in [0.15, 0.2) is 30.9 Å². The summed E-state index contributed by atoms with van der Waals surface area (Å²) in [5, 5.41) is 8.58. The molecule has 1 aromatic heterocycles. The third-order valence-electron chi connectivity index (χ3n) is 2.53. The molecule has 0 aliphatic rings. The number of hydrogen-bond acceptors (Lipinski definition) is 5. The van der Waals surface area contributed by atoms with Crippen LogP contribution < -0.4 is 16.4 Å². The fraction of sp³-hybridized carbons (Fsp3) is 0.167. The Hall–Kier alpha value is -2.81. The molecular weight excluding hydrogens is 279 g/mol. The number of carbonyl (C=O) groups is 2. The van der Waals surface area contributed by atoms with Crippen molar-refractivity contribution in [3.63, 3.8) is 0 Å². The summed E-state index contributed by atoms with van der Waals surface area (Å²) in [5.74, 6) is -1.49. The molecule has 0 saturated carbocycles. The zero-order valence-corrected chi connectivity index (χ0v) is 10.9. The van der Waals surface area contributed by atoms with Crippen LogP contribution in [0.25, 0.3) is 5.69 Å². The zero-order chi connectivity index (χ0) is 15.2. The molecule has 0 radical (unpaired) electrons. The lowest BCUT2D eigenvalue weighted by Gasteiger charge is -2.08. The average Bonchev–Trinajstić information content (AvgIpc) is 2.98. The summed E-state index contributed by atoms with van der Waals surface area (Å²) in [5.41, 5.74) is 5.56. The quantitative estimate of drug-likeness (QED) is 0.682. The molecule has 1 heterocycles. The van der Waals surface area contributed by atoms with Gasteiger partial charge < -0.3 is 16.4 Å². The third kappa shape index (κ3) is 3.83. The molecule has 4 N–H and O–H groups in total. The van der Waals surface area contributed by atoms with Crippen LogP contribution in [0.1, 0.15) is 0 Å². The van der Waals surface area contributed by atoms with E-state index in [-0.39, 0.29) is 24.5 Å². The van der Waals surface area contributed by atoms with Crippen LogP contribution in [0.2, 0.25) is 0 Å². The van der Waals surface area contributed by atoms with Gasteiger partial charge in [0.15, 0.2) is 5.82 Å². The Kier molecular flexibility index (Phi) is 4.57. The lowest BCUT2D eigenvalue weighted by atomic mass is 10.2. The van der Waals surface area contributed by atoms with Gasteiger partial charge in [0, 0.05) is 5.69 Å². The Morgan fingerprint density at radius 2 is 2.14 bits per heavy atom. The van der Waals surface area contributed by atoms with Crippen LogP contribution >= 0.6 is 0 Å². The number of hydrogen-bond donors (Lipinski definition) is 3. The highest BCUT2D eigenvalue weighted by Crippen LogP contribution is 2.17. The van der Waals surface area contributed by atoms with E-state index in [1.807, 2.05) is 0 Å². The predicted molar refractivity (Wildman–Crippen MR) is 72.0 cm³/mol. The van der Waals surface area contributed by atoms with Crippen LogP contribution in [-0.2, 0) is 9.59 Å². The molecule has 8 nitrogen and oxygen atoms in total. The van der Waals surface area contributed by atoms with Crippen LogP contribution in [0.4, 0.5) is 10.1 Å². The van der Waals surface area contributed by atoms with Gasteiger partial charge in [0.1, 0.15) is 18.3 Å². The van der Waals surface area contributed by atoms with Crippen molar-refractivity contribution in [2.45, 2.75) is 0 Å². The van der Waals surface area contributed by atoms with Crippen LogP contribution in [0.5, 0.6) is 0 Å². The maximum absolute atomic E-state index is 13.9. The Balaban J connectivity index is 2.00. The summed E-state index contributed by atoms with van der Waals surface area (Å²) < 4.78 is 15.2. The second-order valence-electron chi connectivity index (χ2n) is 4.04. The molecule has 0 fully saturated rings. The van der Waals surface area contributed by atoms with E-state index in [4.69, 9.17) is 5.73 Å². The van der Waals surface area contributed by atoms with Crippen molar-refractivity contribution in [3.05, 3.63) is 36.7 Å². The number of benzene rings is 1. The number of halogens is 1. The molecule has 110 valence electrons. The van der Waals surface area contributed by atoms with Gasteiger partial charge in [0.05, 0.1) is 13.1 Å². The summed E-state index contributed by atoms with van der Waals surface area (Å²) in [6, 6.07) is 4.13. The van der Waals surface area contributed by atoms with Crippen molar-refractivity contribution >= 4 is 17.5 Å². The fourth-order valence-electron chi connectivity index (χ4n) is 1.56. The van der Waals surface area contributed by atoms with E-state index in [2.05, 4.69) is 20.7 Å². The second-order valence-corrected chi connectivity index (χ2v) is 4.04. The molecule has 2 rings (SSSR count). The van der Waals surface area contributed by atoms with Gasteiger partial charge >= 0.3 is 0 Å². The standard InChI is InChI=1S/C12H13FN6O2/c13-9-3-8(18-12(21)5-16-11(20)4-14)1-2-10(9)19-7-15-6-17-19/h1-3,6-7H,4-5,14H2,(H,16,20)(H,18,21). The van der Waals surface area contributed by atoms with Gasteiger partial charge in [-0.15, -0.1) is 0 Å². The van der Waals surface area contributed by atoms with Crippen molar-refractivity contribution in [2.24, 2.45) is 5.73 Å². The Bertz CT molecular complexity index is 643. The largest absolute Gasteiger partial charge is 0.346 e. The van der Waals surface area contributed by atoms with Crippen molar-refractivity contribution in [3.8, 4) is 5.69 Å². The minimum atomic E-state index is -0.565. The van der Waals surface area contributed by atoms with E-state index in [1.54, 1.807) is 0 Å². The maximum atomic E-state index is 13.9. The van der Waals surface area contributed by atoms with E-state index in [0.29, 0.717) is 0 Å². The monoisotopic (exact) mass is 292 g/mol. The number of amides is 2. The minimum absolute atomic E-state index is 0.200. The topological polar surface area (TPSA) is 115 Å². The first-order valence-electron chi connectivity index (χ1n) is 6.01. The van der Waals surface area contributed by atoms with Gasteiger partial charge in [0.25, 0.3) is 0 Å². The average molecular weight is 292 g/mol. The smallest absolute Gasteiger partial charge is 0.243 e. The molecule has 0 unspecified atom stereocenters. The Morgan fingerprint density at radius 3 is 2.76 bits per heavy atom. The predicted octanol–water partition coefficient (Wildman–Crippen LogP) is -0.580. The number of nitrogens with one attached hydrogen (secondary N) is 2. The number of rotatable bonds is 5. The lowest BCUT2D eigenvalue weighted by Crippen LogP contribution is -2.36. The highest BCUT2D eigenvalue weighted by Gasteiger charge is 2.09. The van der Waals surface area contributed by atoms with Gasteiger partial charge in [-0.25, -0.2) is 14.1 Å². The number of carbonyl (C=O) groups excluding carboxylic acids is 2. The molecule has 0 aliphatic heterocycles. The first-order valence-corrected chi connectivity index (χ1v) is 6.01. The highest BCUT2D eigenvalue weighted by atomic mass is 19.1. The normalized spacial score (nSPS) is 10.2. The molecule has 0 bridgehead atoms. The summed E-state index contributed by atoms with van der Waals surface area (Å²) in [6.07, 6.45) is 2.65. The molecule has 9 heteroatoms. The second kappa shape index (κ2) is 6.57. The van der Waals surface area contributed by atoms with Crippen LogP contribution in [-0.4, -0.2) is 39.7 Å². The first kappa shape index (κ1) is 14.6. The van der Waals surface area contributed by atoms with Crippen molar-refractivity contribution in [1.29, 1.82) is 0 Å². The first-order chi connectivity index (χ1) is 10.1. The summed E-state index contributed by atoms with van der Waals surface area (Å²) in [7, 11) is 0. The van der Waals surface area contributed by atoms with E-state index in [0.717, 1.165) is 6.07 Å². The Labute approximate surface area is 119 Å². The summed E-state index contributed by atoms with van der Waals surface area (Å²) >= 11 is 0. The zero-order valence-electron chi connectivity index (χ0n) is 10.9. The van der Waals surface area contributed by atoms with Gasteiger partial charge in [-0.3, -0.25) is 9.59 Å². The molecule has 2 aromatic rings. The van der Waals surface area contributed by atoms with Crippen LogP contribution in [0, 0.1) is 5.82 Å². The van der Waals surface area contributed by atoms with Gasteiger partial charge in [-0.05, 0) is 18.2 Å². The number of nitrogens with two attached hydrogens (primary N) is 1. The molecule has 0 atom stereocenters. The molecule has 21 heavy (non-hydrogen) atoms. The van der Waals surface area contributed by atoms with Gasteiger partial charge in [0.2, 0.25) is 11.8 Å². The van der Waals surface area contributed by atoms with Crippen molar-refractivity contribution in [1.82, 2.24) is 20.1 Å². The number of nitrogens with zero attached hydrogens (tertiary/aromatic N) is 3. The van der Waals surface area contributed by atoms with Gasteiger partial charge in [-0.1, -0.05) is 0 Å². The van der Waals surface area contributed by atoms with Crippen molar-refractivity contribution in [2.75, 3.05) is 18.4 Å².